The Kier molecular flexibility index (Phi) is 30.2. The monoisotopic (exact) mass is 1080 g/mol. The van der Waals surface area contributed by atoms with Crippen molar-refractivity contribution in [2.24, 2.45) is 35.5 Å². The first-order valence-corrected chi connectivity index (χ1v) is 26.6. The fourth-order valence-corrected chi connectivity index (χ4v) is 7.77. The second-order valence-electron chi connectivity index (χ2n) is 25.0. The van der Waals surface area contributed by atoms with E-state index in [9.17, 15) is 47.9 Å². The minimum atomic E-state index is -1.64. The van der Waals surface area contributed by atoms with Gasteiger partial charge in [0.2, 0.25) is 47.3 Å². The highest BCUT2D eigenvalue weighted by molar-refractivity contribution is 6.00. The van der Waals surface area contributed by atoms with Gasteiger partial charge in [-0.3, -0.25) is 38.4 Å². The molecule has 0 spiro atoms. The van der Waals surface area contributed by atoms with Crippen molar-refractivity contribution in [3.05, 3.63) is 0 Å². The summed E-state index contributed by atoms with van der Waals surface area (Å²) in [4.78, 5) is 136. The van der Waals surface area contributed by atoms with E-state index in [1.54, 1.807) is 20.8 Å². The summed E-state index contributed by atoms with van der Waals surface area (Å²) in [6, 6.07) is -6.71. The molecule has 0 aliphatic rings. The lowest BCUT2D eigenvalue weighted by Crippen LogP contribution is -2.64. The minimum absolute atomic E-state index is 0. The lowest BCUT2D eigenvalue weighted by Gasteiger charge is -2.33. The molecule has 22 heteroatoms. The van der Waals surface area contributed by atoms with E-state index in [4.69, 9.17) is 9.47 Å². The third kappa shape index (κ3) is 27.5. The van der Waals surface area contributed by atoms with E-state index in [0.29, 0.717) is 0 Å². The van der Waals surface area contributed by atoms with E-state index in [-0.39, 0.29) is 79.5 Å². The molecular weight excluding hydrogens is 983 g/mol. The van der Waals surface area contributed by atoms with Gasteiger partial charge in [-0.1, -0.05) is 83.1 Å². The number of rotatable bonds is 30. The quantitative estimate of drug-likeness (QED) is 0.0466. The zero-order valence-electron chi connectivity index (χ0n) is 50.1. The van der Waals surface area contributed by atoms with Gasteiger partial charge in [0.25, 0.3) is 0 Å². The van der Waals surface area contributed by atoms with Crippen molar-refractivity contribution in [1.29, 1.82) is 0 Å². The number of esters is 1. The molecule has 0 aromatic heterocycles. The van der Waals surface area contributed by atoms with Crippen molar-refractivity contribution in [3.8, 4) is 0 Å². The number of carbonyl (C=O) groups is 10. The summed E-state index contributed by atoms with van der Waals surface area (Å²) in [5.74, 6) is -6.56. The molecule has 0 aromatic rings. The Morgan fingerprint density at radius 2 is 0.566 bits per heavy atom. The van der Waals surface area contributed by atoms with E-state index >= 15 is 0 Å². The second-order valence-corrected chi connectivity index (χ2v) is 25.0. The summed E-state index contributed by atoms with van der Waals surface area (Å²) in [6.45, 7) is 36.2. The highest BCUT2D eigenvalue weighted by Gasteiger charge is 2.40. The van der Waals surface area contributed by atoms with E-state index in [1.165, 1.54) is 48.7 Å². The summed E-state index contributed by atoms with van der Waals surface area (Å²) >= 11 is 0. The van der Waals surface area contributed by atoms with Crippen LogP contribution in [0.3, 0.4) is 0 Å². The zero-order valence-corrected chi connectivity index (χ0v) is 50.1. The number of ether oxygens (including phenoxy) is 2. The number of methoxy groups -OCH3 is 1. The SMILES string of the molecule is COC(=O)C(C)(C)NC(=O)[C@@H](CC(C)C)NC(=O)[C@H](CC(C)C)NC(=O)C(C)(C)NC(=O)[C@@H](CC(C)C)NC(=O)[C@H](CC(C)C)NC(=O)C(C)(C)NC(=O)[C@@H](CC(C)C)NC(=O)[C@H](CC(C)C)NC(=O)OC(C)(C)C.O. The van der Waals surface area contributed by atoms with Gasteiger partial charge in [-0.05, 0) is 136 Å². The largest absolute Gasteiger partial charge is 0.467 e. The molecule has 0 unspecified atom stereocenters. The summed E-state index contributed by atoms with van der Waals surface area (Å²) < 4.78 is 10.2. The van der Waals surface area contributed by atoms with Crippen molar-refractivity contribution in [2.75, 3.05) is 7.11 Å². The maximum atomic E-state index is 14.2. The van der Waals surface area contributed by atoms with Gasteiger partial charge >= 0.3 is 12.1 Å². The highest BCUT2D eigenvalue weighted by Crippen LogP contribution is 2.17. The van der Waals surface area contributed by atoms with Crippen LogP contribution in [0.1, 0.15) is 184 Å². The van der Waals surface area contributed by atoms with Gasteiger partial charge in [0, 0.05) is 0 Å². The Bertz CT molecular complexity index is 1960. The molecule has 0 aromatic carbocycles. The number of carbonyl (C=O) groups excluding carboxylic acids is 10. The fraction of sp³-hybridized carbons (Fsp3) is 0.815. The molecule has 0 saturated carbocycles. The van der Waals surface area contributed by atoms with Crippen molar-refractivity contribution in [1.82, 2.24) is 47.9 Å². The Morgan fingerprint density at radius 3 is 0.789 bits per heavy atom. The topological polar surface area (TPSA) is 329 Å². The minimum Gasteiger partial charge on any atom is -0.467 e. The molecule has 76 heavy (non-hydrogen) atoms. The molecule has 9 amide bonds. The first-order valence-electron chi connectivity index (χ1n) is 26.6. The second kappa shape index (κ2) is 31.6. The Hall–Kier alpha value is -5.54. The molecule has 0 aliphatic heterocycles. The first-order chi connectivity index (χ1) is 34.0. The lowest BCUT2D eigenvalue weighted by molar-refractivity contribution is -0.149. The van der Waals surface area contributed by atoms with Crippen molar-refractivity contribution < 1.29 is 62.9 Å². The molecule has 0 radical (unpaired) electrons. The lowest BCUT2D eigenvalue weighted by atomic mass is 9.96. The van der Waals surface area contributed by atoms with Gasteiger partial charge in [0.05, 0.1) is 7.11 Å². The van der Waals surface area contributed by atoms with Crippen LogP contribution in [0.5, 0.6) is 0 Å². The van der Waals surface area contributed by atoms with Gasteiger partial charge in [0.1, 0.15) is 58.5 Å². The maximum Gasteiger partial charge on any atom is 0.408 e. The average Bonchev–Trinajstić information content (AvgIpc) is 3.22. The summed E-state index contributed by atoms with van der Waals surface area (Å²) in [7, 11) is 1.20. The number of alkyl carbamates (subject to hydrolysis) is 1. The van der Waals surface area contributed by atoms with Crippen LogP contribution in [-0.2, 0) is 52.6 Å². The Balaban J connectivity index is 0. The number of amides is 9. The predicted octanol–water partition coefficient (Wildman–Crippen LogP) is 3.61. The van der Waals surface area contributed by atoms with Crippen LogP contribution < -0.4 is 47.9 Å². The third-order valence-corrected chi connectivity index (χ3v) is 11.5. The molecule has 0 saturated heterocycles. The van der Waals surface area contributed by atoms with Crippen LogP contribution in [0, 0.1) is 35.5 Å². The Labute approximate surface area is 453 Å². The predicted molar refractivity (Wildman–Crippen MR) is 292 cm³/mol. The highest BCUT2D eigenvalue weighted by atomic mass is 16.6. The summed E-state index contributed by atoms with van der Waals surface area (Å²) in [6.07, 6.45) is 0.326. The fourth-order valence-electron chi connectivity index (χ4n) is 7.77. The van der Waals surface area contributed by atoms with Gasteiger partial charge in [-0.25, -0.2) is 9.59 Å². The van der Waals surface area contributed by atoms with Crippen molar-refractivity contribution in [2.45, 2.75) is 242 Å². The number of hydrogen-bond donors (Lipinski definition) is 9. The van der Waals surface area contributed by atoms with Gasteiger partial charge < -0.3 is 62.8 Å². The van der Waals surface area contributed by atoms with E-state index in [0.717, 1.165) is 0 Å². The summed E-state index contributed by atoms with van der Waals surface area (Å²) in [5.41, 5.74) is -5.48. The molecule has 11 N–H and O–H groups in total. The first kappa shape index (κ1) is 72.5. The smallest absolute Gasteiger partial charge is 0.408 e. The number of nitrogens with one attached hydrogen (secondary N) is 9. The molecule has 6 atom stereocenters. The van der Waals surface area contributed by atoms with Gasteiger partial charge in [0.15, 0.2) is 0 Å². The van der Waals surface area contributed by atoms with Crippen LogP contribution in [0.15, 0.2) is 0 Å². The molecule has 0 bridgehead atoms. The normalized spacial score (nSPS) is 14.5. The molecule has 0 aliphatic carbocycles. The van der Waals surface area contributed by atoms with Crippen LogP contribution in [0.2, 0.25) is 0 Å². The summed E-state index contributed by atoms with van der Waals surface area (Å²) in [5, 5.41) is 24.5. The molecular formula is C54H101N9O13. The number of hydrogen-bond acceptors (Lipinski definition) is 12. The average molecular weight is 1080 g/mol. The van der Waals surface area contributed by atoms with Gasteiger partial charge in [-0.2, -0.15) is 0 Å². The zero-order chi connectivity index (χ0) is 58.7. The van der Waals surface area contributed by atoms with E-state index in [1.807, 2.05) is 83.1 Å². The third-order valence-electron chi connectivity index (χ3n) is 11.5. The molecule has 22 nitrogen and oxygen atoms in total. The Morgan fingerprint density at radius 1 is 0.342 bits per heavy atom. The molecule has 440 valence electrons. The van der Waals surface area contributed by atoms with Crippen LogP contribution in [-0.4, -0.2) is 130 Å². The van der Waals surface area contributed by atoms with E-state index < -0.39 is 118 Å². The maximum absolute atomic E-state index is 14.2. The van der Waals surface area contributed by atoms with Gasteiger partial charge in [-0.15, -0.1) is 0 Å². The van der Waals surface area contributed by atoms with Crippen LogP contribution >= 0.6 is 0 Å². The van der Waals surface area contributed by atoms with Crippen LogP contribution in [0.25, 0.3) is 0 Å². The standard InChI is InChI=1S/C54H99N9O12.H2O/c1-29(2)23-35(58-48(71)53(18,19)62-45(68)39(27-33(9)10)57-43(66)37(25-31(5)6)60-50(73)75-51(13,14)15)41(64)55-38(26-32(7)8)44(67)61-52(16,17)47(70)59-36(24-30(3)4)42(65)56-40(28-34(11)12)46(69)63-54(20,21)49(72)74-22;/h29-40H,23-28H2,1-22H3,(H,55,64)(H,56,65)(H,57,66)(H,58,71)(H,59,70)(H,60,73)(H,61,67)(H,62,68)(H,63,69);1H2/t35-,36-,37-,38+,39+,40+;/m0./s1. The van der Waals surface area contributed by atoms with E-state index in [2.05, 4.69) is 47.9 Å². The van der Waals surface area contributed by atoms with Crippen molar-refractivity contribution in [3.63, 3.8) is 0 Å². The van der Waals surface area contributed by atoms with Crippen molar-refractivity contribution >= 4 is 59.3 Å². The molecule has 0 rings (SSSR count). The molecule has 0 heterocycles. The molecule has 0 fully saturated rings. The van der Waals surface area contributed by atoms with Crippen LogP contribution in [0.4, 0.5) is 4.79 Å².